The average Bonchev–Trinajstić information content (AvgIpc) is 2.86. The summed E-state index contributed by atoms with van der Waals surface area (Å²) in [6.45, 7) is 6.15. The van der Waals surface area contributed by atoms with Crippen LogP contribution in [0.4, 0.5) is 0 Å². The second-order valence-corrected chi connectivity index (χ2v) is 4.14. The van der Waals surface area contributed by atoms with Gasteiger partial charge in [0.2, 0.25) is 0 Å². The highest BCUT2D eigenvalue weighted by atomic mass is 16.5. The number of likely N-dealkylation sites (N-methyl/N-ethyl adjacent to an activating group) is 1. The van der Waals surface area contributed by atoms with Crippen LogP contribution in [0.3, 0.4) is 0 Å². The first-order valence-corrected chi connectivity index (χ1v) is 5.44. The van der Waals surface area contributed by atoms with Crippen molar-refractivity contribution in [3.63, 3.8) is 0 Å². The monoisotopic (exact) mass is 184 g/mol. The van der Waals surface area contributed by atoms with Crippen LogP contribution in [0.1, 0.15) is 19.8 Å². The molecule has 0 radical (unpaired) electrons. The highest BCUT2D eigenvalue weighted by Gasteiger charge is 2.29. The summed E-state index contributed by atoms with van der Waals surface area (Å²) < 4.78 is 5.47. The zero-order valence-electron chi connectivity index (χ0n) is 8.38. The van der Waals surface area contributed by atoms with E-state index >= 15 is 0 Å². The molecular formula is C10H20N2O. The molecule has 1 aliphatic heterocycles. The third-order valence-electron chi connectivity index (χ3n) is 2.91. The van der Waals surface area contributed by atoms with Crippen LogP contribution in [0, 0.1) is 5.92 Å². The normalized spacial score (nSPS) is 33.9. The highest BCUT2D eigenvalue weighted by molar-refractivity contribution is 4.87. The molecule has 2 N–H and O–H groups in total. The minimum Gasteiger partial charge on any atom is -0.379 e. The first-order valence-electron chi connectivity index (χ1n) is 5.44. The maximum atomic E-state index is 5.47. The lowest BCUT2D eigenvalue weighted by Crippen LogP contribution is -2.40. The smallest absolute Gasteiger partial charge is 0.0623 e. The van der Waals surface area contributed by atoms with E-state index in [1.165, 1.54) is 12.8 Å². The molecular weight excluding hydrogens is 164 g/mol. The quantitative estimate of drug-likeness (QED) is 0.647. The van der Waals surface area contributed by atoms with Gasteiger partial charge in [-0.2, -0.15) is 0 Å². The number of hydrogen-bond donors (Lipinski definition) is 2. The number of rotatable bonds is 5. The Bertz CT molecular complexity index is 159. The van der Waals surface area contributed by atoms with Crippen molar-refractivity contribution in [1.82, 2.24) is 10.6 Å². The minimum absolute atomic E-state index is 0.580. The van der Waals surface area contributed by atoms with Crippen LogP contribution in [0.2, 0.25) is 0 Å². The summed E-state index contributed by atoms with van der Waals surface area (Å²) in [5.41, 5.74) is 0. The van der Waals surface area contributed by atoms with Crippen molar-refractivity contribution in [3.8, 4) is 0 Å². The lowest BCUT2D eigenvalue weighted by atomic mass is 10.0. The molecule has 76 valence electrons. The van der Waals surface area contributed by atoms with Gasteiger partial charge in [0, 0.05) is 24.5 Å². The van der Waals surface area contributed by atoms with Crippen LogP contribution in [0.25, 0.3) is 0 Å². The molecule has 0 aromatic heterocycles. The van der Waals surface area contributed by atoms with E-state index in [-0.39, 0.29) is 0 Å². The van der Waals surface area contributed by atoms with Gasteiger partial charge in [-0.1, -0.05) is 6.92 Å². The van der Waals surface area contributed by atoms with Gasteiger partial charge in [0.05, 0.1) is 13.2 Å². The van der Waals surface area contributed by atoms with Gasteiger partial charge in [-0.3, -0.25) is 0 Å². The summed E-state index contributed by atoms with van der Waals surface area (Å²) in [7, 11) is 0. The first-order chi connectivity index (χ1) is 6.40. The third kappa shape index (κ3) is 2.66. The largest absolute Gasteiger partial charge is 0.379 e. The van der Waals surface area contributed by atoms with E-state index in [4.69, 9.17) is 4.74 Å². The molecule has 2 fully saturated rings. The molecule has 2 aliphatic rings. The summed E-state index contributed by atoms with van der Waals surface area (Å²) in [6.07, 6.45) is 2.75. The van der Waals surface area contributed by atoms with Crippen molar-refractivity contribution in [2.24, 2.45) is 5.92 Å². The predicted octanol–water partition coefficient (Wildman–Crippen LogP) is 0.363. The molecule has 0 aromatic carbocycles. The number of nitrogens with one attached hydrogen (secondary N) is 2. The van der Waals surface area contributed by atoms with Gasteiger partial charge in [-0.25, -0.2) is 0 Å². The van der Waals surface area contributed by atoms with E-state index < -0.39 is 0 Å². The van der Waals surface area contributed by atoms with Crippen molar-refractivity contribution in [2.45, 2.75) is 31.8 Å². The molecule has 0 aromatic rings. The summed E-state index contributed by atoms with van der Waals surface area (Å²) in [4.78, 5) is 0. The Hall–Kier alpha value is -0.120. The minimum atomic E-state index is 0.580. The van der Waals surface area contributed by atoms with Gasteiger partial charge in [-0.05, 0) is 19.4 Å². The second-order valence-electron chi connectivity index (χ2n) is 4.14. The summed E-state index contributed by atoms with van der Waals surface area (Å²) in [6, 6.07) is 1.40. The Balaban J connectivity index is 1.68. The molecule has 3 nitrogen and oxygen atoms in total. The second kappa shape index (κ2) is 4.40. The van der Waals surface area contributed by atoms with Gasteiger partial charge in [0.15, 0.2) is 0 Å². The van der Waals surface area contributed by atoms with Crippen molar-refractivity contribution >= 4 is 0 Å². The molecule has 0 bridgehead atoms. The highest BCUT2D eigenvalue weighted by Crippen LogP contribution is 2.20. The lowest BCUT2D eigenvalue weighted by Gasteiger charge is -2.18. The average molecular weight is 184 g/mol. The molecule has 0 spiro atoms. The van der Waals surface area contributed by atoms with Crippen LogP contribution in [-0.4, -0.2) is 38.4 Å². The standard InChI is InChI=1S/C10H20N2O/c1-2-11-10-7-13-6-8(10)5-12-9-3-4-9/h8-12H,2-7H2,1H3. The van der Waals surface area contributed by atoms with E-state index in [2.05, 4.69) is 17.6 Å². The first kappa shape index (κ1) is 9.44. The van der Waals surface area contributed by atoms with Gasteiger partial charge < -0.3 is 15.4 Å². The van der Waals surface area contributed by atoms with Gasteiger partial charge in [0.25, 0.3) is 0 Å². The molecule has 1 heterocycles. The Morgan fingerprint density at radius 2 is 2.08 bits per heavy atom. The van der Waals surface area contributed by atoms with Crippen molar-refractivity contribution in [2.75, 3.05) is 26.3 Å². The SMILES string of the molecule is CCNC1COCC1CNC1CC1. The Labute approximate surface area is 80.2 Å². The van der Waals surface area contributed by atoms with Crippen LogP contribution in [-0.2, 0) is 4.74 Å². The lowest BCUT2D eigenvalue weighted by molar-refractivity contribution is 0.182. The van der Waals surface area contributed by atoms with Crippen molar-refractivity contribution in [3.05, 3.63) is 0 Å². The fraction of sp³-hybridized carbons (Fsp3) is 1.00. The van der Waals surface area contributed by atoms with E-state index in [0.29, 0.717) is 12.0 Å². The molecule has 2 rings (SSSR count). The zero-order chi connectivity index (χ0) is 9.10. The van der Waals surface area contributed by atoms with E-state index in [0.717, 1.165) is 32.3 Å². The molecule has 3 heteroatoms. The molecule has 13 heavy (non-hydrogen) atoms. The molecule has 1 saturated heterocycles. The zero-order valence-corrected chi connectivity index (χ0v) is 8.38. The Morgan fingerprint density at radius 1 is 1.23 bits per heavy atom. The maximum absolute atomic E-state index is 5.47. The van der Waals surface area contributed by atoms with Gasteiger partial charge in [0.1, 0.15) is 0 Å². The fourth-order valence-corrected chi connectivity index (χ4v) is 1.89. The third-order valence-corrected chi connectivity index (χ3v) is 2.91. The van der Waals surface area contributed by atoms with Crippen LogP contribution >= 0.6 is 0 Å². The van der Waals surface area contributed by atoms with E-state index in [9.17, 15) is 0 Å². The molecule has 1 saturated carbocycles. The van der Waals surface area contributed by atoms with Crippen molar-refractivity contribution < 1.29 is 4.74 Å². The van der Waals surface area contributed by atoms with E-state index in [1.54, 1.807) is 0 Å². The topological polar surface area (TPSA) is 33.3 Å². The number of ether oxygens (including phenoxy) is 1. The fourth-order valence-electron chi connectivity index (χ4n) is 1.89. The molecule has 2 atom stereocenters. The summed E-state index contributed by atoms with van der Waals surface area (Å²) in [5, 5.41) is 7.04. The van der Waals surface area contributed by atoms with Crippen LogP contribution in [0.5, 0.6) is 0 Å². The Morgan fingerprint density at radius 3 is 2.77 bits per heavy atom. The molecule has 0 amide bonds. The summed E-state index contributed by atoms with van der Waals surface area (Å²) >= 11 is 0. The summed E-state index contributed by atoms with van der Waals surface area (Å²) in [5.74, 6) is 0.681. The van der Waals surface area contributed by atoms with Gasteiger partial charge in [-0.15, -0.1) is 0 Å². The van der Waals surface area contributed by atoms with Crippen molar-refractivity contribution in [1.29, 1.82) is 0 Å². The van der Waals surface area contributed by atoms with Crippen LogP contribution < -0.4 is 10.6 Å². The maximum Gasteiger partial charge on any atom is 0.0623 e. The molecule has 1 aliphatic carbocycles. The molecule has 2 unspecified atom stereocenters. The number of hydrogen-bond acceptors (Lipinski definition) is 3. The van der Waals surface area contributed by atoms with Crippen LogP contribution in [0.15, 0.2) is 0 Å². The van der Waals surface area contributed by atoms with Gasteiger partial charge >= 0.3 is 0 Å². The Kier molecular flexibility index (Phi) is 3.19. The van der Waals surface area contributed by atoms with E-state index in [1.807, 2.05) is 0 Å². The predicted molar refractivity (Wildman–Crippen MR) is 52.8 cm³/mol.